The standard InChI is InChI=1S/C9H8N2O3/c12-8-6-14-9(13)11(8)5-7-3-1-2-4-10-7/h1-4H,5-6H2. The largest absolute Gasteiger partial charge is 0.439 e. The van der Waals surface area contributed by atoms with Gasteiger partial charge < -0.3 is 4.74 Å². The lowest BCUT2D eigenvalue weighted by molar-refractivity contribution is -0.126. The third kappa shape index (κ3) is 1.56. The van der Waals surface area contributed by atoms with Crippen LogP contribution in [0.1, 0.15) is 5.69 Å². The van der Waals surface area contributed by atoms with Crippen LogP contribution in [0.2, 0.25) is 0 Å². The summed E-state index contributed by atoms with van der Waals surface area (Å²) in [6, 6.07) is 5.32. The van der Waals surface area contributed by atoms with Gasteiger partial charge >= 0.3 is 6.09 Å². The zero-order valence-electron chi connectivity index (χ0n) is 7.34. The van der Waals surface area contributed by atoms with E-state index in [0.29, 0.717) is 5.69 Å². The van der Waals surface area contributed by atoms with E-state index in [0.717, 1.165) is 4.90 Å². The third-order valence-electron chi connectivity index (χ3n) is 1.89. The van der Waals surface area contributed by atoms with Crippen LogP contribution in [0.5, 0.6) is 0 Å². The van der Waals surface area contributed by atoms with Gasteiger partial charge in [-0.25, -0.2) is 9.69 Å². The van der Waals surface area contributed by atoms with E-state index in [9.17, 15) is 9.59 Å². The molecule has 0 atom stereocenters. The first kappa shape index (κ1) is 8.68. The van der Waals surface area contributed by atoms with Crippen molar-refractivity contribution in [2.24, 2.45) is 0 Å². The minimum atomic E-state index is -0.597. The van der Waals surface area contributed by atoms with E-state index < -0.39 is 6.09 Å². The van der Waals surface area contributed by atoms with Gasteiger partial charge in [0.2, 0.25) is 0 Å². The van der Waals surface area contributed by atoms with Gasteiger partial charge in [-0.3, -0.25) is 9.78 Å². The molecule has 0 bridgehead atoms. The molecule has 0 aromatic carbocycles. The minimum absolute atomic E-state index is 0.161. The van der Waals surface area contributed by atoms with Crippen molar-refractivity contribution in [3.05, 3.63) is 30.1 Å². The van der Waals surface area contributed by atoms with Crippen LogP contribution in [-0.2, 0) is 16.1 Å². The maximum atomic E-state index is 11.1. The average Bonchev–Trinajstić information content (AvgIpc) is 2.51. The molecule has 14 heavy (non-hydrogen) atoms. The Labute approximate surface area is 80.3 Å². The number of cyclic esters (lactones) is 1. The topological polar surface area (TPSA) is 59.5 Å². The summed E-state index contributed by atoms with van der Waals surface area (Å²) in [5, 5.41) is 0. The van der Waals surface area contributed by atoms with Gasteiger partial charge in [0.05, 0.1) is 12.2 Å². The Kier molecular flexibility index (Phi) is 2.14. The molecule has 0 unspecified atom stereocenters. The van der Waals surface area contributed by atoms with Crippen molar-refractivity contribution in [2.75, 3.05) is 6.61 Å². The van der Waals surface area contributed by atoms with Crippen molar-refractivity contribution in [2.45, 2.75) is 6.54 Å². The highest BCUT2D eigenvalue weighted by Crippen LogP contribution is 2.09. The van der Waals surface area contributed by atoms with Gasteiger partial charge in [-0.05, 0) is 12.1 Å². The predicted molar refractivity (Wildman–Crippen MR) is 46.1 cm³/mol. The number of hydrogen-bond acceptors (Lipinski definition) is 4. The number of hydrogen-bond donors (Lipinski definition) is 0. The van der Waals surface area contributed by atoms with E-state index in [-0.39, 0.29) is 19.1 Å². The molecule has 1 aliphatic rings. The van der Waals surface area contributed by atoms with Crippen LogP contribution < -0.4 is 0 Å². The Balaban J connectivity index is 2.11. The first-order valence-electron chi connectivity index (χ1n) is 4.14. The molecule has 1 aromatic heterocycles. The molecule has 2 rings (SSSR count). The van der Waals surface area contributed by atoms with Crippen molar-refractivity contribution in [1.29, 1.82) is 0 Å². The number of rotatable bonds is 2. The number of ether oxygens (including phenoxy) is 1. The highest BCUT2D eigenvalue weighted by atomic mass is 16.6. The molecule has 1 fully saturated rings. The molecular weight excluding hydrogens is 184 g/mol. The van der Waals surface area contributed by atoms with Crippen LogP contribution in [0.4, 0.5) is 4.79 Å². The van der Waals surface area contributed by atoms with Crippen LogP contribution in [-0.4, -0.2) is 28.5 Å². The summed E-state index contributed by atoms with van der Waals surface area (Å²) < 4.78 is 4.56. The number of pyridine rings is 1. The molecule has 1 aromatic rings. The lowest BCUT2D eigenvalue weighted by Crippen LogP contribution is -2.28. The summed E-state index contributed by atoms with van der Waals surface area (Å²) in [5.74, 6) is -0.319. The molecule has 72 valence electrons. The first-order valence-corrected chi connectivity index (χ1v) is 4.14. The zero-order chi connectivity index (χ0) is 9.97. The molecule has 1 aliphatic heterocycles. The second kappa shape index (κ2) is 3.45. The normalized spacial score (nSPS) is 15.9. The van der Waals surface area contributed by atoms with E-state index in [1.807, 2.05) is 0 Å². The lowest BCUT2D eigenvalue weighted by atomic mass is 10.3. The van der Waals surface area contributed by atoms with Gasteiger partial charge in [0.25, 0.3) is 5.91 Å². The Morgan fingerprint density at radius 1 is 1.43 bits per heavy atom. The summed E-state index contributed by atoms with van der Waals surface area (Å²) >= 11 is 0. The monoisotopic (exact) mass is 192 g/mol. The van der Waals surface area contributed by atoms with Crippen LogP contribution in [0.3, 0.4) is 0 Å². The first-order chi connectivity index (χ1) is 6.77. The molecule has 0 saturated carbocycles. The van der Waals surface area contributed by atoms with Crippen LogP contribution in [0.15, 0.2) is 24.4 Å². The molecular formula is C9H8N2O3. The third-order valence-corrected chi connectivity index (χ3v) is 1.89. The lowest BCUT2D eigenvalue weighted by Gasteiger charge is -2.09. The van der Waals surface area contributed by atoms with Gasteiger partial charge in [-0.1, -0.05) is 6.07 Å². The fourth-order valence-corrected chi connectivity index (χ4v) is 1.19. The SMILES string of the molecule is O=C1COC(=O)N1Cc1ccccn1. The van der Waals surface area contributed by atoms with Gasteiger partial charge in [0.15, 0.2) is 6.61 Å². The summed E-state index contributed by atoms with van der Waals surface area (Å²) in [6.45, 7) is 0.0180. The maximum absolute atomic E-state index is 11.1. The molecule has 1 saturated heterocycles. The smallest absolute Gasteiger partial charge is 0.417 e. The number of carbonyl (C=O) groups is 2. The van der Waals surface area contributed by atoms with Crippen LogP contribution in [0, 0.1) is 0 Å². The second-order valence-electron chi connectivity index (χ2n) is 2.86. The van der Waals surface area contributed by atoms with Crippen molar-refractivity contribution in [3.63, 3.8) is 0 Å². The summed E-state index contributed by atoms with van der Waals surface area (Å²) in [6.07, 6.45) is 1.02. The molecule has 2 heterocycles. The van der Waals surface area contributed by atoms with Crippen molar-refractivity contribution >= 4 is 12.0 Å². The summed E-state index contributed by atoms with van der Waals surface area (Å²) in [7, 11) is 0. The Hall–Kier alpha value is -1.91. The number of imide groups is 1. The van der Waals surface area contributed by atoms with Crippen molar-refractivity contribution in [1.82, 2.24) is 9.88 Å². The molecule has 2 amide bonds. The Bertz CT molecular complexity index is 348. The minimum Gasteiger partial charge on any atom is -0.439 e. The second-order valence-corrected chi connectivity index (χ2v) is 2.86. The highest BCUT2D eigenvalue weighted by Gasteiger charge is 2.30. The van der Waals surface area contributed by atoms with E-state index >= 15 is 0 Å². The summed E-state index contributed by atoms with van der Waals surface area (Å²) in [5.41, 5.74) is 0.666. The van der Waals surface area contributed by atoms with Gasteiger partial charge in [-0.2, -0.15) is 0 Å². The fraction of sp³-hybridized carbons (Fsp3) is 0.222. The molecule has 5 nitrogen and oxygen atoms in total. The highest BCUT2D eigenvalue weighted by molar-refractivity contribution is 5.97. The van der Waals surface area contributed by atoms with E-state index in [1.165, 1.54) is 0 Å². The number of amides is 2. The molecule has 0 aliphatic carbocycles. The maximum Gasteiger partial charge on any atom is 0.417 e. The molecule has 5 heteroatoms. The van der Waals surface area contributed by atoms with Crippen molar-refractivity contribution < 1.29 is 14.3 Å². The van der Waals surface area contributed by atoms with Gasteiger partial charge in [0, 0.05) is 6.20 Å². The van der Waals surface area contributed by atoms with Gasteiger partial charge in [0.1, 0.15) is 0 Å². The molecule has 0 radical (unpaired) electrons. The Morgan fingerprint density at radius 3 is 2.86 bits per heavy atom. The molecule has 0 N–H and O–H groups in total. The fourth-order valence-electron chi connectivity index (χ4n) is 1.19. The number of nitrogens with zero attached hydrogens (tertiary/aromatic N) is 2. The van der Waals surface area contributed by atoms with Gasteiger partial charge in [-0.15, -0.1) is 0 Å². The van der Waals surface area contributed by atoms with E-state index in [4.69, 9.17) is 0 Å². The summed E-state index contributed by atoms with van der Waals surface area (Å²) in [4.78, 5) is 27.2. The number of aromatic nitrogens is 1. The van der Waals surface area contributed by atoms with E-state index in [2.05, 4.69) is 9.72 Å². The van der Waals surface area contributed by atoms with Crippen LogP contribution >= 0.6 is 0 Å². The quantitative estimate of drug-likeness (QED) is 0.687. The number of carbonyl (C=O) groups excluding carboxylic acids is 2. The van der Waals surface area contributed by atoms with E-state index in [1.54, 1.807) is 24.4 Å². The average molecular weight is 192 g/mol. The Morgan fingerprint density at radius 2 is 2.29 bits per heavy atom. The molecule has 0 spiro atoms. The van der Waals surface area contributed by atoms with Crippen LogP contribution in [0.25, 0.3) is 0 Å². The predicted octanol–water partition coefficient (Wildman–Crippen LogP) is 0.560. The zero-order valence-corrected chi connectivity index (χ0v) is 7.34. The van der Waals surface area contributed by atoms with Crippen molar-refractivity contribution in [3.8, 4) is 0 Å².